The summed E-state index contributed by atoms with van der Waals surface area (Å²) >= 11 is 4.33. The number of nitrogens with zero attached hydrogens (tertiary/aromatic N) is 1. The molecule has 0 bridgehead atoms. The first-order chi connectivity index (χ1) is 16.8. The van der Waals surface area contributed by atoms with Gasteiger partial charge >= 0.3 is 6.18 Å². The first kappa shape index (κ1) is 25.9. The van der Waals surface area contributed by atoms with E-state index in [2.05, 4.69) is 12.6 Å². The van der Waals surface area contributed by atoms with Crippen molar-refractivity contribution >= 4 is 23.5 Å². The number of benzene rings is 3. The topological polar surface area (TPSA) is 62.5 Å². The van der Waals surface area contributed by atoms with Gasteiger partial charge in [-0.1, -0.05) is 50.2 Å². The number of pyridine rings is 1. The molecule has 1 atom stereocenters. The maximum atomic E-state index is 14.5. The quantitative estimate of drug-likeness (QED) is 0.264. The van der Waals surface area contributed by atoms with Crippen molar-refractivity contribution in [3.05, 3.63) is 94.8 Å². The van der Waals surface area contributed by atoms with Crippen molar-refractivity contribution in [2.75, 3.05) is 0 Å². The summed E-state index contributed by atoms with van der Waals surface area (Å²) < 4.78 is 44.7. The molecule has 3 aromatic carbocycles. The normalized spacial score (nSPS) is 14.1. The van der Waals surface area contributed by atoms with Crippen LogP contribution in [0.2, 0.25) is 0 Å². The number of thiol groups is 1. The molecule has 0 amide bonds. The predicted molar refractivity (Wildman–Crippen MR) is 138 cm³/mol. The van der Waals surface area contributed by atoms with Gasteiger partial charge in [0.15, 0.2) is 11.0 Å². The third-order valence-electron chi connectivity index (χ3n) is 6.51. The summed E-state index contributed by atoms with van der Waals surface area (Å²) in [4.78, 5) is 12.8. The Kier molecular flexibility index (Phi) is 6.70. The minimum absolute atomic E-state index is 0.0261. The number of para-hydroxylation sites is 1. The molecule has 0 saturated carbocycles. The second-order valence-corrected chi connectivity index (χ2v) is 10.2. The van der Waals surface area contributed by atoms with E-state index in [1.165, 1.54) is 22.9 Å². The Morgan fingerprint density at radius 1 is 0.917 bits per heavy atom. The lowest BCUT2D eigenvalue weighted by Crippen LogP contribution is -2.52. The molecule has 0 aliphatic heterocycles. The monoisotopic (exact) mass is 513 g/mol. The van der Waals surface area contributed by atoms with Crippen LogP contribution in [0.15, 0.2) is 88.7 Å². The van der Waals surface area contributed by atoms with Crippen LogP contribution in [-0.4, -0.2) is 26.6 Å². The summed E-state index contributed by atoms with van der Waals surface area (Å²) in [6, 6.07) is 19.2. The lowest BCUT2D eigenvalue weighted by atomic mass is 9.72. The van der Waals surface area contributed by atoms with Crippen molar-refractivity contribution in [1.29, 1.82) is 0 Å². The molecule has 1 heterocycles. The number of aromatic hydroxyl groups is 1. The van der Waals surface area contributed by atoms with E-state index in [0.29, 0.717) is 27.1 Å². The van der Waals surface area contributed by atoms with Gasteiger partial charge in [0.05, 0.1) is 12.1 Å². The summed E-state index contributed by atoms with van der Waals surface area (Å²) in [6.45, 7) is 2.47. The second kappa shape index (κ2) is 9.33. The van der Waals surface area contributed by atoms with E-state index in [-0.39, 0.29) is 16.6 Å². The molecule has 36 heavy (non-hydrogen) atoms. The van der Waals surface area contributed by atoms with Gasteiger partial charge in [-0.2, -0.15) is 13.2 Å². The molecule has 2 N–H and O–H groups in total. The molecular formula is C28H26F3NO3S. The van der Waals surface area contributed by atoms with Gasteiger partial charge in [0.2, 0.25) is 0 Å². The molecule has 0 radical (unpaired) electrons. The summed E-state index contributed by atoms with van der Waals surface area (Å²) in [5.74, 6) is -0.0261. The maximum Gasteiger partial charge on any atom is 0.418 e. The number of alkyl halides is 3. The molecule has 1 aromatic heterocycles. The van der Waals surface area contributed by atoms with Crippen LogP contribution in [0.25, 0.3) is 22.0 Å². The Hall–Kier alpha value is -3.23. The van der Waals surface area contributed by atoms with Gasteiger partial charge in [0.1, 0.15) is 5.75 Å². The van der Waals surface area contributed by atoms with Crippen molar-refractivity contribution < 1.29 is 23.4 Å². The minimum atomic E-state index is -4.96. The number of phenolic OH excluding ortho intramolecular Hbond substituents is 1. The fourth-order valence-electron chi connectivity index (χ4n) is 4.80. The van der Waals surface area contributed by atoms with E-state index in [4.69, 9.17) is 0 Å². The van der Waals surface area contributed by atoms with Gasteiger partial charge < -0.3 is 14.8 Å². The van der Waals surface area contributed by atoms with E-state index in [9.17, 15) is 28.2 Å². The van der Waals surface area contributed by atoms with E-state index < -0.39 is 30.2 Å². The summed E-state index contributed by atoms with van der Waals surface area (Å²) in [7, 11) is 0. The first-order valence-electron chi connectivity index (χ1n) is 11.3. The first-order valence-corrected chi connectivity index (χ1v) is 11.8. The Morgan fingerprint density at radius 3 is 2.31 bits per heavy atom. The fourth-order valence-corrected chi connectivity index (χ4v) is 5.00. The number of phenols is 1. The van der Waals surface area contributed by atoms with Gasteiger partial charge in [0.25, 0.3) is 0 Å². The van der Waals surface area contributed by atoms with Crippen LogP contribution in [-0.2, 0) is 12.0 Å². The predicted octanol–water partition coefficient (Wildman–Crippen LogP) is 6.32. The molecule has 188 valence electrons. The van der Waals surface area contributed by atoms with Crippen molar-refractivity contribution in [2.45, 2.75) is 48.9 Å². The average Bonchev–Trinajstić information content (AvgIpc) is 2.82. The fraction of sp³-hybridized carbons (Fsp3) is 0.250. The van der Waals surface area contributed by atoms with Crippen LogP contribution in [0, 0.1) is 0 Å². The zero-order valence-corrected chi connectivity index (χ0v) is 20.6. The largest absolute Gasteiger partial charge is 0.507 e. The van der Waals surface area contributed by atoms with E-state index in [1.54, 1.807) is 74.5 Å². The Labute approximate surface area is 212 Å². The zero-order chi connectivity index (χ0) is 26.3. The number of aliphatic hydroxyl groups is 1. The van der Waals surface area contributed by atoms with Crippen molar-refractivity contribution in [1.82, 2.24) is 4.57 Å². The summed E-state index contributed by atoms with van der Waals surface area (Å²) in [5.41, 5.74) is -2.77. The number of halogens is 3. The number of hydrogen-bond donors (Lipinski definition) is 3. The Balaban J connectivity index is 1.80. The maximum absolute atomic E-state index is 14.5. The molecule has 4 aromatic rings. The lowest BCUT2D eigenvalue weighted by molar-refractivity contribution is -0.271. The average molecular weight is 514 g/mol. The highest BCUT2D eigenvalue weighted by Gasteiger charge is 2.56. The molecule has 4 rings (SSSR count). The molecule has 0 aliphatic rings. The highest BCUT2D eigenvalue weighted by atomic mass is 32.1. The Bertz CT molecular complexity index is 1480. The SMILES string of the molecule is CC(C)(CC(O)(Cn1ccc(=O)c2ccccc21)C(F)(F)F)c1ccccc1-c1cc(S)ccc1O. The highest BCUT2D eigenvalue weighted by molar-refractivity contribution is 7.80. The number of rotatable bonds is 6. The summed E-state index contributed by atoms with van der Waals surface area (Å²) in [6.07, 6.45) is -4.35. The number of hydrogen-bond acceptors (Lipinski definition) is 4. The molecule has 1 unspecified atom stereocenters. The second-order valence-electron chi connectivity index (χ2n) is 9.66. The van der Waals surface area contributed by atoms with Crippen molar-refractivity contribution in [3.63, 3.8) is 0 Å². The molecule has 4 nitrogen and oxygen atoms in total. The summed E-state index contributed by atoms with van der Waals surface area (Å²) in [5, 5.41) is 21.9. The van der Waals surface area contributed by atoms with E-state index in [1.807, 2.05) is 0 Å². The zero-order valence-electron chi connectivity index (χ0n) is 19.8. The molecule has 8 heteroatoms. The van der Waals surface area contributed by atoms with Crippen molar-refractivity contribution in [2.24, 2.45) is 0 Å². The highest BCUT2D eigenvalue weighted by Crippen LogP contribution is 2.45. The van der Waals surface area contributed by atoms with Crippen LogP contribution >= 0.6 is 12.6 Å². The number of aromatic nitrogens is 1. The Morgan fingerprint density at radius 2 is 1.58 bits per heavy atom. The smallest absolute Gasteiger partial charge is 0.418 e. The third-order valence-corrected chi connectivity index (χ3v) is 6.78. The van der Waals surface area contributed by atoms with E-state index in [0.717, 1.165) is 0 Å². The minimum Gasteiger partial charge on any atom is -0.507 e. The molecular weight excluding hydrogens is 487 g/mol. The van der Waals surface area contributed by atoms with Crippen LogP contribution in [0.5, 0.6) is 5.75 Å². The van der Waals surface area contributed by atoms with Gasteiger partial charge in [-0.25, -0.2) is 0 Å². The molecule has 0 saturated heterocycles. The molecule has 0 fully saturated rings. The van der Waals surface area contributed by atoms with Crippen LogP contribution in [0.3, 0.4) is 0 Å². The van der Waals surface area contributed by atoms with Crippen LogP contribution in [0.4, 0.5) is 13.2 Å². The van der Waals surface area contributed by atoms with Crippen LogP contribution in [0.1, 0.15) is 25.8 Å². The lowest BCUT2D eigenvalue weighted by Gasteiger charge is -2.39. The van der Waals surface area contributed by atoms with Crippen molar-refractivity contribution in [3.8, 4) is 16.9 Å². The molecule has 0 aliphatic carbocycles. The van der Waals surface area contributed by atoms with Crippen LogP contribution < -0.4 is 5.43 Å². The molecule has 0 spiro atoms. The van der Waals surface area contributed by atoms with Gasteiger partial charge in [-0.15, -0.1) is 12.6 Å². The third kappa shape index (κ3) is 4.88. The van der Waals surface area contributed by atoms with Gasteiger partial charge in [0, 0.05) is 28.1 Å². The van der Waals surface area contributed by atoms with Gasteiger partial charge in [-0.05, 0) is 53.3 Å². The standard InChI is InChI=1S/C28H26F3NO3S/c1-26(2,22-9-5-3-7-19(22)21-15-18(36)11-12-24(21)33)16-27(35,28(29,30)31)17-32-14-13-25(34)20-8-4-6-10-23(20)32/h3-15,33,35-36H,16-17H2,1-2H3. The van der Waals surface area contributed by atoms with Gasteiger partial charge in [-0.3, -0.25) is 4.79 Å². The van der Waals surface area contributed by atoms with E-state index >= 15 is 0 Å². The number of fused-ring (bicyclic) bond motifs is 1.